The van der Waals surface area contributed by atoms with Crippen LogP contribution in [0.2, 0.25) is 10.0 Å². The van der Waals surface area contributed by atoms with Gasteiger partial charge in [0.25, 0.3) is 11.8 Å². The van der Waals surface area contributed by atoms with Crippen LogP contribution in [0, 0.1) is 0 Å². The van der Waals surface area contributed by atoms with E-state index in [1.165, 1.54) is 18.2 Å². The fourth-order valence-electron chi connectivity index (χ4n) is 0.980. The fourth-order valence-corrected chi connectivity index (χ4v) is 1.47. The minimum absolute atomic E-state index is 0.214. The van der Waals surface area contributed by atoms with Crippen molar-refractivity contribution in [1.29, 1.82) is 0 Å². The molecule has 1 aromatic rings. The van der Waals surface area contributed by atoms with Gasteiger partial charge in [0, 0.05) is 5.02 Å². The van der Waals surface area contributed by atoms with Crippen LogP contribution >= 0.6 is 23.2 Å². The molecule has 0 unspecified atom stereocenters. The second-order valence-electron chi connectivity index (χ2n) is 2.87. The summed E-state index contributed by atoms with van der Waals surface area (Å²) >= 11 is 11.5. The largest absolute Gasteiger partial charge is 0.343 e. The van der Waals surface area contributed by atoms with Gasteiger partial charge in [0.15, 0.2) is 0 Å². The highest BCUT2D eigenvalue weighted by Gasteiger charge is 2.11. The van der Waals surface area contributed by atoms with Gasteiger partial charge < -0.3 is 5.32 Å². The van der Waals surface area contributed by atoms with Crippen molar-refractivity contribution < 1.29 is 9.59 Å². The molecule has 1 aromatic carbocycles. The number of rotatable bonds is 3. The summed E-state index contributed by atoms with van der Waals surface area (Å²) in [5.41, 5.74) is 2.13. The van der Waals surface area contributed by atoms with Gasteiger partial charge in [0.2, 0.25) is 0 Å². The second kappa shape index (κ2) is 5.69. The highest BCUT2D eigenvalue weighted by Crippen LogP contribution is 2.20. The number of nitrogens with two attached hydrogens (primary N) is 1. The quantitative estimate of drug-likeness (QED) is 0.426. The SMILES string of the molecule is NNC(=O)CNC(=O)c1ccc(Cl)cc1Cl. The van der Waals surface area contributed by atoms with E-state index in [-0.39, 0.29) is 17.1 Å². The number of halogens is 2. The van der Waals surface area contributed by atoms with Crippen LogP contribution in [0.25, 0.3) is 0 Å². The molecule has 0 aliphatic carbocycles. The molecule has 86 valence electrons. The number of carbonyl (C=O) groups excluding carboxylic acids is 2. The summed E-state index contributed by atoms with van der Waals surface area (Å²) in [5.74, 6) is 3.88. The van der Waals surface area contributed by atoms with Crippen molar-refractivity contribution in [3.05, 3.63) is 33.8 Å². The Bertz CT molecular complexity index is 423. The van der Waals surface area contributed by atoms with Gasteiger partial charge in [-0.2, -0.15) is 0 Å². The summed E-state index contributed by atoms with van der Waals surface area (Å²) in [5, 5.41) is 3.00. The summed E-state index contributed by atoms with van der Waals surface area (Å²) in [4.78, 5) is 22.3. The first-order valence-corrected chi connectivity index (χ1v) is 5.03. The van der Waals surface area contributed by atoms with Gasteiger partial charge in [0.05, 0.1) is 17.1 Å². The first-order valence-electron chi connectivity index (χ1n) is 4.27. The van der Waals surface area contributed by atoms with Crippen molar-refractivity contribution >= 4 is 35.0 Å². The number of hydrogen-bond donors (Lipinski definition) is 3. The molecule has 1 rings (SSSR count). The zero-order valence-corrected chi connectivity index (χ0v) is 9.60. The number of carbonyl (C=O) groups is 2. The molecule has 0 aromatic heterocycles. The number of nitrogens with one attached hydrogen (secondary N) is 2. The van der Waals surface area contributed by atoms with E-state index in [0.29, 0.717) is 5.02 Å². The zero-order valence-electron chi connectivity index (χ0n) is 8.09. The van der Waals surface area contributed by atoms with Gasteiger partial charge >= 0.3 is 0 Å². The first kappa shape index (κ1) is 12.8. The Balaban J connectivity index is 2.70. The molecule has 0 fully saturated rings. The van der Waals surface area contributed by atoms with Crippen LogP contribution in [0.5, 0.6) is 0 Å². The Morgan fingerprint density at radius 1 is 1.31 bits per heavy atom. The molecule has 0 saturated carbocycles. The molecule has 0 radical (unpaired) electrons. The van der Waals surface area contributed by atoms with Crippen molar-refractivity contribution in [2.24, 2.45) is 5.84 Å². The second-order valence-corrected chi connectivity index (χ2v) is 3.72. The maximum atomic E-state index is 11.5. The van der Waals surface area contributed by atoms with E-state index in [1.54, 1.807) is 0 Å². The van der Waals surface area contributed by atoms with Gasteiger partial charge in [-0.3, -0.25) is 15.0 Å². The summed E-state index contributed by atoms with van der Waals surface area (Å²) in [6.07, 6.45) is 0. The molecule has 0 spiro atoms. The summed E-state index contributed by atoms with van der Waals surface area (Å²) in [7, 11) is 0. The van der Waals surface area contributed by atoms with Crippen LogP contribution in [0.1, 0.15) is 10.4 Å². The van der Waals surface area contributed by atoms with Crippen molar-refractivity contribution in [2.45, 2.75) is 0 Å². The molecule has 0 heterocycles. The average Bonchev–Trinajstić information content (AvgIpc) is 2.25. The van der Waals surface area contributed by atoms with E-state index < -0.39 is 11.8 Å². The lowest BCUT2D eigenvalue weighted by Crippen LogP contribution is -2.40. The third kappa shape index (κ3) is 3.37. The molecular formula is C9H9Cl2N3O2. The highest BCUT2D eigenvalue weighted by atomic mass is 35.5. The third-order valence-corrected chi connectivity index (χ3v) is 2.29. The zero-order chi connectivity index (χ0) is 12.1. The van der Waals surface area contributed by atoms with E-state index in [2.05, 4.69) is 5.32 Å². The van der Waals surface area contributed by atoms with Gasteiger partial charge in [-0.05, 0) is 18.2 Å². The minimum Gasteiger partial charge on any atom is -0.343 e. The molecule has 0 aliphatic heterocycles. The van der Waals surface area contributed by atoms with Crippen molar-refractivity contribution in [3.8, 4) is 0 Å². The molecule has 0 saturated heterocycles. The van der Waals surface area contributed by atoms with Crippen LogP contribution in [-0.2, 0) is 4.79 Å². The van der Waals surface area contributed by atoms with E-state index in [4.69, 9.17) is 29.0 Å². The van der Waals surface area contributed by atoms with E-state index in [0.717, 1.165) is 0 Å². The van der Waals surface area contributed by atoms with Crippen molar-refractivity contribution in [2.75, 3.05) is 6.54 Å². The lowest BCUT2D eigenvalue weighted by Gasteiger charge is -2.05. The van der Waals surface area contributed by atoms with Gasteiger partial charge in [-0.25, -0.2) is 5.84 Å². The average molecular weight is 262 g/mol. The normalized spacial score (nSPS) is 9.69. The van der Waals surface area contributed by atoms with Crippen molar-refractivity contribution in [1.82, 2.24) is 10.7 Å². The minimum atomic E-state index is -0.501. The third-order valence-electron chi connectivity index (χ3n) is 1.75. The lowest BCUT2D eigenvalue weighted by molar-refractivity contribution is -0.120. The predicted molar refractivity (Wildman–Crippen MR) is 61.1 cm³/mol. The summed E-state index contributed by atoms with van der Waals surface area (Å²) in [6.45, 7) is -0.214. The molecule has 5 nitrogen and oxygen atoms in total. The standard InChI is InChI=1S/C9H9Cl2N3O2/c10-5-1-2-6(7(11)3-5)9(16)13-4-8(15)14-12/h1-3H,4,12H2,(H,13,16)(H,14,15). The van der Waals surface area contributed by atoms with E-state index >= 15 is 0 Å². The van der Waals surface area contributed by atoms with Crippen LogP contribution < -0.4 is 16.6 Å². The monoisotopic (exact) mass is 261 g/mol. The number of hydrogen-bond acceptors (Lipinski definition) is 3. The van der Waals surface area contributed by atoms with Crippen LogP contribution in [0.3, 0.4) is 0 Å². The van der Waals surface area contributed by atoms with Crippen LogP contribution in [0.4, 0.5) is 0 Å². The van der Waals surface area contributed by atoms with Crippen molar-refractivity contribution in [3.63, 3.8) is 0 Å². The maximum absolute atomic E-state index is 11.5. The Morgan fingerprint density at radius 2 is 2.00 bits per heavy atom. The Labute approximate surface area is 102 Å². The Kier molecular flexibility index (Phi) is 4.54. The lowest BCUT2D eigenvalue weighted by atomic mass is 10.2. The molecule has 2 amide bonds. The summed E-state index contributed by atoms with van der Waals surface area (Å²) in [6, 6.07) is 4.45. The molecule has 16 heavy (non-hydrogen) atoms. The smallest absolute Gasteiger partial charge is 0.253 e. The van der Waals surface area contributed by atoms with Gasteiger partial charge in [-0.15, -0.1) is 0 Å². The molecular weight excluding hydrogens is 253 g/mol. The van der Waals surface area contributed by atoms with Gasteiger partial charge in [-0.1, -0.05) is 23.2 Å². The number of hydrazine groups is 1. The van der Waals surface area contributed by atoms with Crippen LogP contribution in [0.15, 0.2) is 18.2 Å². The van der Waals surface area contributed by atoms with Gasteiger partial charge in [0.1, 0.15) is 0 Å². The number of amides is 2. The molecule has 0 aliphatic rings. The highest BCUT2D eigenvalue weighted by molar-refractivity contribution is 6.36. The molecule has 7 heteroatoms. The van der Waals surface area contributed by atoms with E-state index in [1.807, 2.05) is 5.43 Å². The summed E-state index contributed by atoms with van der Waals surface area (Å²) < 4.78 is 0. The fraction of sp³-hybridized carbons (Fsp3) is 0.111. The Hall–Kier alpha value is -1.30. The number of benzene rings is 1. The topological polar surface area (TPSA) is 84.2 Å². The maximum Gasteiger partial charge on any atom is 0.253 e. The van der Waals surface area contributed by atoms with Crippen LogP contribution in [-0.4, -0.2) is 18.4 Å². The predicted octanol–water partition coefficient (Wildman–Crippen LogP) is 0.713. The molecule has 0 bridgehead atoms. The Morgan fingerprint density at radius 3 is 2.56 bits per heavy atom. The first-order chi connectivity index (χ1) is 7.54. The molecule has 4 N–H and O–H groups in total. The van der Waals surface area contributed by atoms with E-state index in [9.17, 15) is 9.59 Å². The molecule has 0 atom stereocenters.